The highest BCUT2D eigenvalue weighted by Gasteiger charge is 2.07. The molecule has 0 amide bonds. The Balaban J connectivity index is 2.68. The van der Waals surface area contributed by atoms with Gasteiger partial charge in [0, 0.05) is 12.5 Å². The summed E-state index contributed by atoms with van der Waals surface area (Å²) in [6, 6.07) is 0.134. The molecule has 0 bridgehead atoms. The molecule has 5 heteroatoms. The molecule has 0 radical (unpaired) electrons. The molecule has 16 heavy (non-hydrogen) atoms. The van der Waals surface area contributed by atoms with E-state index in [-0.39, 0.29) is 11.7 Å². The van der Waals surface area contributed by atoms with E-state index in [9.17, 15) is 4.79 Å². The fourth-order valence-electron chi connectivity index (χ4n) is 1.16. The maximum absolute atomic E-state index is 10.5. The van der Waals surface area contributed by atoms with Crippen molar-refractivity contribution in [3.05, 3.63) is 18.1 Å². The van der Waals surface area contributed by atoms with Crippen LogP contribution < -0.4 is 5.32 Å². The van der Waals surface area contributed by atoms with E-state index in [2.05, 4.69) is 21.2 Å². The van der Waals surface area contributed by atoms with Gasteiger partial charge in [-0.05, 0) is 6.42 Å². The van der Waals surface area contributed by atoms with E-state index in [1.807, 2.05) is 6.92 Å². The van der Waals surface area contributed by atoms with Crippen molar-refractivity contribution in [3.63, 3.8) is 0 Å². The highest BCUT2D eigenvalue weighted by atomic mass is 16.4. The van der Waals surface area contributed by atoms with Gasteiger partial charge >= 0.3 is 5.97 Å². The summed E-state index contributed by atoms with van der Waals surface area (Å²) in [5.41, 5.74) is -0.0736. The molecule has 1 heterocycles. The Morgan fingerprint density at radius 2 is 2.38 bits per heavy atom. The summed E-state index contributed by atoms with van der Waals surface area (Å²) in [5, 5.41) is 11.7. The number of terminal acetylenes is 1. The highest BCUT2D eigenvalue weighted by molar-refractivity contribution is 5.84. The quantitative estimate of drug-likeness (QED) is 0.732. The topological polar surface area (TPSA) is 75.1 Å². The van der Waals surface area contributed by atoms with E-state index in [0.29, 0.717) is 12.2 Å². The van der Waals surface area contributed by atoms with E-state index in [1.165, 1.54) is 12.4 Å². The second kappa shape index (κ2) is 5.71. The van der Waals surface area contributed by atoms with Gasteiger partial charge in [-0.3, -0.25) is 0 Å². The minimum absolute atomic E-state index is 0.0736. The number of hydrogen-bond acceptors (Lipinski definition) is 4. The molecule has 1 unspecified atom stereocenters. The van der Waals surface area contributed by atoms with Crippen LogP contribution in [0.2, 0.25) is 0 Å². The third-order valence-electron chi connectivity index (χ3n) is 2.08. The molecule has 0 saturated carbocycles. The van der Waals surface area contributed by atoms with Gasteiger partial charge in [-0.15, -0.1) is 12.3 Å². The molecular formula is C11H13N3O2. The number of hydrogen-bond donors (Lipinski definition) is 2. The lowest BCUT2D eigenvalue weighted by atomic mass is 10.1. The molecule has 1 rings (SSSR count). The zero-order chi connectivity index (χ0) is 12.0. The van der Waals surface area contributed by atoms with Crippen LogP contribution in [0.5, 0.6) is 0 Å². The van der Waals surface area contributed by atoms with Crippen molar-refractivity contribution in [1.82, 2.24) is 9.97 Å². The van der Waals surface area contributed by atoms with Crippen molar-refractivity contribution in [3.8, 4) is 12.3 Å². The summed E-state index contributed by atoms with van der Waals surface area (Å²) in [6.07, 6.45) is 9.29. The second-order valence-corrected chi connectivity index (χ2v) is 3.25. The van der Waals surface area contributed by atoms with Crippen molar-refractivity contribution in [2.45, 2.75) is 25.8 Å². The minimum atomic E-state index is -1.09. The normalized spacial score (nSPS) is 11.5. The monoisotopic (exact) mass is 219 g/mol. The number of nitrogens with one attached hydrogen (secondary N) is 1. The van der Waals surface area contributed by atoms with Gasteiger partial charge in [0.15, 0.2) is 5.69 Å². The van der Waals surface area contributed by atoms with Crippen LogP contribution in [0.3, 0.4) is 0 Å². The third kappa shape index (κ3) is 3.24. The summed E-state index contributed by atoms with van der Waals surface area (Å²) in [6.45, 7) is 2.01. The average molecular weight is 219 g/mol. The zero-order valence-electron chi connectivity index (χ0n) is 8.97. The first-order chi connectivity index (χ1) is 7.67. The molecule has 0 aliphatic heterocycles. The maximum Gasteiger partial charge on any atom is 0.356 e. The Labute approximate surface area is 93.9 Å². The third-order valence-corrected chi connectivity index (χ3v) is 2.08. The first kappa shape index (κ1) is 12.0. The van der Waals surface area contributed by atoms with Crippen LogP contribution in [0.1, 0.15) is 30.3 Å². The van der Waals surface area contributed by atoms with Gasteiger partial charge in [-0.2, -0.15) is 0 Å². The Hall–Kier alpha value is -2.09. The fourth-order valence-corrected chi connectivity index (χ4v) is 1.16. The van der Waals surface area contributed by atoms with Crippen LogP contribution >= 0.6 is 0 Å². The van der Waals surface area contributed by atoms with Gasteiger partial charge in [0.1, 0.15) is 5.82 Å². The lowest BCUT2D eigenvalue weighted by molar-refractivity contribution is 0.0690. The number of anilines is 1. The van der Waals surface area contributed by atoms with Crippen LogP contribution in [0.15, 0.2) is 12.4 Å². The molecule has 2 N–H and O–H groups in total. The number of nitrogens with zero attached hydrogens (tertiary/aromatic N) is 2. The van der Waals surface area contributed by atoms with Crippen molar-refractivity contribution < 1.29 is 9.90 Å². The lowest BCUT2D eigenvalue weighted by Crippen LogP contribution is -2.18. The van der Waals surface area contributed by atoms with E-state index < -0.39 is 5.97 Å². The Morgan fingerprint density at radius 3 is 2.81 bits per heavy atom. The molecule has 0 fully saturated rings. The molecular weight excluding hydrogens is 206 g/mol. The summed E-state index contributed by atoms with van der Waals surface area (Å²) < 4.78 is 0. The van der Waals surface area contributed by atoms with Gasteiger partial charge in [-0.25, -0.2) is 14.8 Å². The molecule has 84 valence electrons. The first-order valence-corrected chi connectivity index (χ1v) is 4.92. The van der Waals surface area contributed by atoms with Gasteiger partial charge in [-0.1, -0.05) is 6.92 Å². The standard InChI is InChI=1S/C11H13N3O2/c1-3-5-8(4-2)14-10-7-12-9(6-13-10)11(15)16/h1,6-8H,4-5H2,2H3,(H,13,14)(H,15,16). The predicted octanol–water partition coefficient (Wildman–Crippen LogP) is 1.39. The number of carboxylic acids is 1. The number of aromatic nitrogens is 2. The number of carboxylic acid groups (broad SMARTS) is 1. The Bertz CT molecular complexity index is 395. The SMILES string of the molecule is C#CCC(CC)Nc1cnc(C(=O)O)cn1. The summed E-state index contributed by atoms with van der Waals surface area (Å²) in [5.74, 6) is 2.01. The highest BCUT2D eigenvalue weighted by Crippen LogP contribution is 2.07. The van der Waals surface area contributed by atoms with Gasteiger partial charge in [0.25, 0.3) is 0 Å². The fraction of sp³-hybridized carbons (Fsp3) is 0.364. The van der Waals surface area contributed by atoms with E-state index in [0.717, 1.165) is 6.42 Å². The molecule has 0 saturated heterocycles. The Kier molecular flexibility index (Phi) is 4.28. The molecule has 5 nitrogen and oxygen atoms in total. The average Bonchev–Trinajstić information content (AvgIpc) is 2.29. The molecule has 1 atom stereocenters. The predicted molar refractivity (Wildman–Crippen MR) is 60.1 cm³/mol. The number of aromatic carboxylic acids is 1. The summed E-state index contributed by atoms with van der Waals surface area (Å²) in [4.78, 5) is 18.2. The van der Waals surface area contributed by atoms with Crippen LogP contribution in [0.25, 0.3) is 0 Å². The van der Waals surface area contributed by atoms with Crippen LogP contribution in [-0.2, 0) is 0 Å². The molecule has 0 aliphatic rings. The van der Waals surface area contributed by atoms with Crippen LogP contribution in [-0.4, -0.2) is 27.1 Å². The van der Waals surface area contributed by atoms with Crippen LogP contribution in [0.4, 0.5) is 5.82 Å². The number of carbonyl (C=O) groups is 1. The number of rotatable bonds is 5. The van der Waals surface area contributed by atoms with E-state index >= 15 is 0 Å². The summed E-state index contributed by atoms with van der Waals surface area (Å²) >= 11 is 0. The maximum atomic E-state index is 10.5. The molecule has 0 aromatic carbocycles. The van der Waals surface area contributed by atoms with Gasteiger partial charge < -0.3 is 10.4 Å². The molecule has 1 aromatic heterocycles. The minimum Gasteiger partial charge on any atom is -0.476 e. The van der Waals surface area contributed by atoms with Gasteiger partial charge in [0.2, 0.25) is 0 Å². The van der Waals surface area contributed by atoms with Crippen molar-refractivity contribution in [1.29, 1.82) is 0 Å². The van der Waals surface area contributed by atoms with Gasteiger partial charge in [0.05, 0.1) is 12.4 Å². The van der Waals surface area contributed by atoms with E-state index in [4.69, 9.17) is 11.5 Å². The van der Waals surface area contributed by atoms with Crippen LogP contribution in [0, 0.1) is 12.3 Å². The largest absolute Gasteiger partial charge is 0.476 e. The zero-order valence-corrected chi connectivity index (χ0v) is 8.97. The molecule has 1 aromatic rings. The van der Waals surface area contributed by atoms with Crippen molar-refractivity contribution >= 4 is 11.8 Å². The summed E-state index contributed by atoms with van der Waals surface area (Å²) in [7, 11) is 0. The molecule has 0 spiro atoms. The second-order valence-electron chi connectivity index (χ2n) is 3.25. The molecule has 0 aliphatic carbocycles. The van der Waals surface area contributed by atoms with Crippen molar-refractivity contribution in [2.24, 2.45) is 0 Å². The smallest absolute Gasteiger partial charge is 0.356 e. The Morgan fingerprint density at radius 1 is 1.62 bits per heavy atom. The first-order valence-electron chi connectivity index (χ1n) is 4.92. The van der Waals surface area contributed by atoms with Crippen molar-refractivity contribution in [2.75, 3.05) is 5.32 Å². The lowest BCUT2D eigenvalue weighted by Gasteiger charge is -2.14. The van der Waals surface area contributed by atoms with E-state index in [1.54, 1.807) is 0 Å².